The van der Waals surface area contributed by atoms with Gasteiger partial charge in [0.2, 0.25) is 0 Å². The Kier molecular flexibility index (Phi) is 5.16. The minimum atomic E-state index is 0.452. The maximum atomic E-state index is 5.48. The highest BCUT2D eigenvalue weighted by atomic mass is 16.5. The Labute approximate surface area is 134 Å². The standard InChI is InChI=1S/C17H30N4O/c1-19-12-16(11-18-19)13-20-7-4-8-21(10-9-20)14-17(15-22-2)5-3-6-17/h11-12H,3-10,13-15H2,1-2H3. The molecule has 5 nitrogen and oxygen atoms in total. The number of aromatic nitrogens is 2. The molecule has 2 heterocycles. The number of hydrogen-bond donors (Lipinski definition) is 0. The monoisotopic (exact) mass is 306 g/mol. The summed E-state index contributed by atoms with van der Waals surface area (Å²) in [5, 5.41) is 4.27. The second kappa shape index (κ2) is 7.11. The molecule has 0 amide bonds. The highest BCUT2D eigenvalue weighted by Crippen LogP contribution is 2.41. The second-order valence-electron chi connectivity index (χ2n) is 7.21. The van der Waals surface area contributed by atoms with Gasteiger partial charge in [-0.25, -0.2) is 0 Å². The summed E-state index contributed by atoms with van der Waals surface area (Å²) in [5.74, 6) is 0. The molecule has 5 heteroatoms. The van der Waals surface area contributed by atoms with Crippen LogP contribution in [0.2, 0.25) is 0 Å². The summed E-state index contributed by atoms with van der Waals surface area (Å²) in [5.41, 5.74) is 1.78. The van der Waals surface area contributed by atoms with Crippen molar-refractivity contribution in [2.45, 2.75) is 32.2 Å². The predicted molar refractivity (Wildman–Crippen MR) is 87.7 cm³/mol. The summed E-state index contributed by atoms with van der Waals surface area (Å²) in [6.45, 7) is 7.97. The topological polar surface area (TPSA) is 33.5 Å². The van der Waals surface area contributed by atoms with Gasteiger partial charge in [-0.15, -0.1) is 0 Å². The van der Waals surface area contributed by atoms with Crippen LogP contribution in [0.1, 0.15) is 31.2 Å². The maximum absolute atomic E-state index is 5.48. The first kappa shape index (κ1) is 16.0. The Hall–Kier alpha value is -0.910. The van der Waals surface area contributed by atoms with E-state index in [0.717, 1.165) is 19.7 Å². The minimum absolute atomic E-state index is 0.452. The van der Waals surface area contributed by atoms with E-state index in [1.807, 2.05) is 25.0 Å². The molecule has 1 saturated heterocycles. The van der Waals surface area contributed by atoms with Gasteiger partial charge in [0.1, 0.15) is 0 Å². The molecule has 22 heavy (non-hydrogen) atoms. The van der Waals surface area contributed by atoms with Gasteiger partial charge in [-0.1, -0.05) is 6.42 Å². The molecule has 1 aromatic heterocycles. The van der Waals surface area contributed by atoms with E-state index < -0.39 is 0 Å². The van der Waals surface area contributed by atoms with Crippen LogP contribution in [0, 0.1) is 5.41 Å². The Bertz CT molecular complexity index is 469. The first-order valence-corrected chi connectivity index (χ1v) is 8.60. The van der Waals surface area contributed by atoms with Gasteiger partial charge < -0.3 is 9.64 Å². The molecule has 124 valence electrons. The van der Waals surface area contributed by atoms with Gasteiger partial charge in [0.05, 0.1) is 12.8 Å². The normalized spacial score (nSPS) is 23.2. The minimum Gasteiger partial charge on any atom is -0.384 e. The number of hydrogen-bond acceptors (Lipinski definition) is 4. The van der Waals surface area contributed by atoms with Gasteiger partial charge in [-0.05, 0) is 32.4 Å². The van der Waals surface area contributed by atoms with Crippen molar-refractivity contribution in [2.75, 3.05) is 46.4 Å². The highest BCUT2D eigenvalue weighted by Gasteiger charge is 2.38. The first-order valence-electron chi connectivity index (χ1n) is 8.60. The average Bonchev–Trinajstić information content (AvgIpc) is 2.74. The zero-order chi connectivity index (χ0) is 15.4. The zero-order valence-electron chi connectivity index (χ0n) is 14.1. The fourth-order valence-corrected chi connectivity index (χ4v) is 3.96. The molecule has 0 spiro atoms. The molecule has 2 fully saturated rings. The molecule has 0 atom stereocenters. The highest BCUT2D eigenvalue weighted by molar-refractivity contribution is 5.03. The van der Waals surface area contributed by atoms with Crippen LogP contribution >= 0.6 is 0 Å². The third-order valence-electron chi connectivity index (χ3n) is 5.27. The molecule has 0 bridgehead atoms. The van der Waals surface area contributed by atoms with Gasteiger partial charge in [0, 0.05) is 57.5 Å². The van der Waals surface area contributed by atoms with E-state index in [0.29, 0.717) is 5.41 Å². The molecule has 0 N–H and O–H groups in total. The SMILES string of the molecule is COCC1(CN2CCCN(Cc3cnn(C)c3)CC2)CCC1. The molecule has 1 saturated carbocycles. The van der Waals surface area contributed by atoms with E-state index in [2.05, 4.69) is 21.1 Å². The van der Waals surface area contributed by atoms with Crippen LogP contribution in [0.25, 0.3) is 0 Å². The smallest absolute Gasteiger partial charge is 0.0534 e. The van der Waals surface area contributed by atoms with Gasteiger partial charge >= 0.3 is 0 Å². The van der Waals surface area contributed by atoms with Crippen molar-refractivity contribution in [3.63, 3.8) is 0 Å². The largest absolute Gasteiger partial charge is 0.384 e. The Balaban J connectivity index is 1.49. The molecule has 0 unspecified atom stereocenters. The van der Waals surface area contributed by atoms with E-state index in [1.165, 1.54) is 57.4 Å². The van der Waals surface area contributed by atoms with E-state index in [-0.39, 0.29) is 0 Å². The summed E-state index contributed by atoms with van der Waals surface area (Å²) < 4.78 is 7.37. The van der Waals surface area contributed by atoms with Crippen molar-refractivity contribution in [1.29, 1.82) is 0 Å². The molecular formula is C17H30N4O. The van der Waals surface area contributed by atoms with Gasteiger partial charge in [0.25, 0.3) is 0 Å². The summed E-state index contributed by atoms with van der Waals surface area (Å²) in [4.78, 5) is 5.24. The Morgan fingerprint density at radius 2 is 1.91 bits per heavy atom. The van der Waals surface area contributed by atoms with Crippen molar-refractivity contribution >= 4 is 0 Å². The van der Waals surface area contributed by atoms with E-state index in [4.69, 9.17) is 4.74 Å². The van der Waals surface area contributed by atoms with E-state index in [1.54, 1.807) is 0 Å². The second-order valence-corrected chi connectivity index (χ2v) is 7.21. The lowest BCUT2D eigenvalue weighted by atomic mass is 9.69. The summed E-state index contributed by atoms with van der Waals surface area (Å²) >= 11 is 0. The molecule has 1 aliphatic carbocycles. The summed E-state index contributed by atoms with van der Waals surface area (Å²) in [6.07, 6.45) is 9.45. The van der Waals surface area contributed by atoms with Crippen LogP contribution in [0.5, 0.6) is 0 Å². The van der Waals surface area contributed by atoms with Crippen LogP contribution in [0.15, 0.2) is 12.4 Å². The molecule has 1 aliphatic heterocycles. The van der Waals surface area contributed by atoms with Crippen molar-refractivity contribution in [3.05, 3.63) is 18.0 Å². The lowest BCUT2D eigenvalue weighted by Crippen LogP contribution is -2.46. The van der Waals surface area contributed by atoms with Gasteiger partial charge in [-0.3, -0.25) is 9.58 Å². The van der Waals surface area contributed by atoms with Crippen LogP contribution in [0.3, 0.4) is 0 Å². The number of nitrogens with zero attached hydrogens (tertiary/aromatic N) is 4. The first-order chi connectivity index (χ1) is 10.7. The lowest BCUT2D eigenvalue weighted by molar-refractivity contribution is -0.0107. The Morgan fingerprint density at radius 3 is 2.55 bits per heavy atom. The van der Waals surface area contributed by atoms with E-state index >= 15 is 0 Å². The summed E-state index contributed by atoms with van der Waals surface area (Å²) in [6, 6.07) is 0. The zero-order valence-corrected chi connectivity index (χ0v) is 14.1. The summed E-state index contributed by atoms with van der Waals surface area (Å²) in [7, 11) is 3.83. The predicted octanol–water partition coefficient (Wildman–Crippen LogP) is 1.74. The van der Waals surface area contributed by atoms with Crippen LogP contribution in [0.4, 0.5) is 0 Å². The van der Waals surface area contributed by atoms with Gasteiger partial charge in [-0.2, -0.15) is 5.10 Å². The van der Waals surface area contributed by atoms with Crippen molar-refractivity contribution < 1.29 is 4.74 Å². The molecule has 3 rings (SSSR count). The van der Waals surface area contributed by atoms with Crippen molar-refractivity contribution in [2.24, 2.45) is 12.5 Å². The number of aryl methyl sites for hydroxylation is 1. The molecule has 2 aliphatic rings. The molecule has 1 aromatic rings. The Morgan fingerprint density at radius 1 is 1.14 bits per heavy atom. The van der Waals surface area contributed by atoms with Crippen LogP contribution in [-0.4, -0.2) is 66.0 Å². The molecular weight excluding hydrogens is 276 g/mol. The third-order valence-corrected chi connectivity index (χ3v) is 5.27. The number of ether oxygens (including phenoxy) is 1. The van der Waals surface area contributed by atoms with Crippen molar-refractivity contribution in [3.8, 4) is 0 Å². The number of rotatable bonds is 6. The van der Waals surface area contributed by atoms with Crippen LogP contribution in [-0.2, 0) is 18.3 Å². The van der Waals surface area contributed by atoms with Crippen molar-refractivity contribution in [1.82, 2.24) is 19.6 Å². The number of methoxy groups -OCH3 is 1. The molecule has 0 radical (unpaired) electrons. The lowest BCUT2D eigenvalue weighted by Gasteiger charge is -2.44. The van der Waals surface area contributed by atoms with Gasteiger partial charge in [0.15, 0.2) is 0 Å². The van der Waals surface area contributed by atoms with Crippen LogP contribution < -0.4 is 0 Å². The average molecular weight is 306 g/mol. The maximum Gasteiger partial charge on any atom is 0.0534 e. The fraction of sp³-hybridized carbons (Fsp3) is 0.824. The fourth-order valence-electron chi connectivity index (χ4n) is 3.96. The molecule has 0 aromatic carbocycles. The quantitative estimate of drug-likeness (QED) is 0.802. The van der Waals surface area contributed by atoms with E-state index in [9.17, 15) is 0 Å². The third kappa shape index (κ3) is 3.89.